The van der Waals surface area contributed by atoms with E-state index >= 15 is 0 Å². The lowest BCUT2D eigenvalue weighted by Crippen LogP contribution is -2.29. The molecule has 0 unspecified atom stereocenters. The fourth-order valence-corrected chi connectivity index (χ4v) is 1.38. The molecule has 1 rings (SSSR count). The number of nitrogens with one attached hydrogen (secondary N) is 1. The molecular formula is C11H16N2O3. The van der Waals surface area contributed by atoms with Crippen LogP contribution in [0.5, 0.6) is 0 Å². The van der Waals surface area contributed by atoms with E-state index in [1.165, 1.54) is 6.07 Å². The van der Waals surface area contributed by atoms with E-state index in [1.807, 2.05) is 13.0 Å². The third-order valence-corrected chi connectivity index (χ3v) is 2.19. The first-order valence-corrected chi connectivity index (χ1v) is 5.09. The highest BCUT2D eigenvalue weighted by atomic mass is 16.6. The smallest absolute Gasteiger partial charge is 0.269 e. The summed E-state index contributed by atoms with van der Waals surface area (Å²) in [5.74, 6) is 0. The molecule has 88 valence electrons. The van der Waals surface area contributed by atoms with E-state index in [-0.39, 0.29) is 16.7 Å². The average Bonchev–Trinajstić information content (AvgIpc) is 2.27. The normalized spacial score (nSPS) is 12.4. The number of nitrogens with zero attached hydrogens (tertiary/aromatic N) is 1. The second-order valence-electron chi connectivity index (χ2n) is 3.66. The Kier molecular flexibility index (Phi) is 4.88. The number of nitro groups is 1. The number of rotatable bonds is 6. The monoisotopic (exact) mass is 224 g/mol. The molecule has 0 heterocycles. The summed E-state index contributed by atoms with van der Waals surface area (Å²) < 4.78 is 4.98. The van der Waals surface area contributed by atoms with Gasteiger partial charge in [0.05, 0.1) is 11.5 Å². The van der Waals surface area contributed by atoms with Crippen LogP contribution in [0.1, 0.15) is 12.5 Å². The maximum Gasteiger partial charge on any atom is 0.269 e. The van der Waals surface area contributed by atoms with Crippen molar-refractivity contribution in [3.8, 4) is 0 Å². The summed E-state index contributed by atoms with van der Waals surface area (Å²) in [6.07, 6.45) is 0. The van der Waals surface area contributed by atoms with Gasteiger partial charge in [0.1, 0.15) is 0 Å². The number of ether oxygens (including phenoxy) is 1. The minimum Gasteiger partial charge on any atom is -0.383 e. The van der Waals surface area contributed by atoms with Gasteiger partial charge in [-0.3, -0.25) is 10.1 Å². The molecule has 1 aromatic rings. The van der Waals surface area contributed by atoms with Gasteiger partial charge in [-0.25, -0.2) is 0 Å². The lowest BCUT2D eigenvalue weighted by Gasteiger charge is -2.12. The maximum absolute atomic E-state index is 10.6. The standard InChI is InChI=1S/C11H16N2O3/c1-9(8-16-2)12-7-10-4-3-5-11(6-10)13(14)15/h3-6,9,12H,7-8H2,1-2H3/t9-/m0/s1. The molecule has 16 heavy (non-hydrogen) atoms. The Labute approximate surface area is 94.6 Å². The van der Waals surface area contributed by atoms with Gasteiger partial charge >= 0.3 is 0 Å². The molecule has 5 heteroatoms. The van der Waals surface area contributed by atoms with Gasteiger partial charge < -0.3 is 10.1 Å². The zero-order valence-corrected chi connectivity index (χ0v) is 9.47. The van der Waals surface area contributed by atoms with Gasteiger partial charge in [0, 0.05) is 31.8 Å². The van der Waals surface area contributed by atoms with Crippen LogP contribution in [0.15, 0.2) is 24.3 Å². The molecule has 0 aliphatic rings. The number of non-ortho nitro benzene ring substituents is 1. The minimum atomic E-state index is -0.387. The van der Waals surface area contributed by atoms with Gasteiger partial charge in [0.15, 0.2) is 0 Å². The highest BCUT2D eigenvalue weighted by Gasteiger charge is 2.06. The van der Waals surface area contributed by atoms with E-state index in [4.69, 9.17) is 4.74 Å². The Hall–Kier alpha value is -1.46. The number of benzene rings is 1. The van der Waals surface area contributed by atoms with Crippen LogP contribution in [0.25, 0.3) is 0 Å². The summed E-state index contributed by atoms with van der Waals surface area (Å²) >= 11 is 0. The fraction of sp³-hybridized carbons (Fsp3) is 0.455. The van der Waals surface area contributed by atoms with Crippen molar-refractivity contribution >= 4 is 5.69 Å². The second-order valence-corrected chi connectivity index (χ2v) is 3.66. The molecule has 0 saturated heterocycles. The van der Waals surface area contributed by atoms with Gasteiger partial charge in [-0.05, 0) is 12.5 Å². The molecule has 0 saturated carbocycles. The fourth-order valence-electron chi connectivity index (χ4n) is 1.38. The van der Waals surface area contributed by atoms with Crippen LogP contribution in [0, 0.1) is 10.1 Å². The van der Waals surface area contributed by atoms with Crippen LogP contribution in [-0.2, 0) is 11.3 Å². The molecule has 5 nitrogen and oxygen atoms in total. The average molecular weight is 224 g/mol. The van der Waals surface area contributed by atoms with Crippen LogP contribution in [0.2, 0.25) is 0 Å². The molecule has 0 fully saturated rings. The molecule has 0 amide bonds. The molecule has 0 bridgehead atoms. The Morgan fingerprint density at radius 1 is 1.56 bits per heavy atom. The quantitative estimate of drug-likeness (QED) is 0.590. The van der Waals surface area contributed by atoms with Gasteiger partial charge in [0.25, 0.3) is 5.69 Å². The van der Waals surface area contributed by atoms with Gasteiger partial charge in [-0.15, -0.1) is 0 Å². The van der Waals surface area contributed by atoms with E-state index in [0.29, 0.717) is 13.2 Å². The van der Waals surface area contributed by atoms with Crippen molar-refractivity contribution in [2.24, 2.45) is 0 Å². The predicted molar refractivity (Wildman–Crippen MR) is 61.3 cm³/mol. The molecule has 0 radical (unpaired) electrons. The highest BCUT2D eigenvalue weighted by Crippen LogP contribution is 2.12. The van der Waals surface area contributed by atoms with Crippen LogP contribution in [0.3, 0.4) is 0 Å². The molecule has 1 N–H and O–H groups in total. The molecule has 0 aromatic heterocycles. The van der Waals surface area contributed by atoms with Gasteiger partial charge in [-0.2, -0.15) is 0 Å². The zero-order chi connectivity index (χ0) is 12.0. The highest BCUT2D eigenvalue weighted by molar-refractivity contribution is 5.34. The van der Waals surface area contributed by atoms with Crippen molar-refractivity contribution in [1.29, 1.82) is 0 Å². The summed E-state index contributed by atoms with van der Waals surface area (Å²) in [5, 5.41) is 13.8. The molecule has 0 aliphatic carbocycles. The van der Waals surface area contributed by atoms with Crippen molar-refractivity contribution in [2.75, 3.05) is 13.7 Å². The maximum atomic E-state index is 10.6. The van der Waals surface area contributed by atoms with Crippen LogP contribution in [-0.4, -0.2) is 24.7 Å². The largest absolute Gasteiger partial charge is 0.383 e. The number of nitro benzene ring substituents is 1. The molecular weight excluding hydrogens is 208 g/mol. The van der Waals surface area contributed by atoms with E-state index in [1.54, 1.807) is 19.2 Å². The lowest BCUT2D eigenvalue weighted by molar-refractivity contribution is -0.384. The SMILES string of the molecule is COC[C@H](C)NCc1cccc([N+](=O)[O-])c1. The van der Waals surface area contributed by atoms with E-state index < -0.39 is 0 Å². The van der Waals surface area contributed by atoms with Gasteiger partial charge in [0.2, 0.25) is 0 Å². The number of hydrogen-bond donors (Lipinski definition) is 1. The Morgan fingerprint density at radius 3 is 2.94 bits per heavy atom. The van der Waals surface area contributed by atoms with E-state index in [2.05, 4.69) is 5.32 Å². The topological polar surface area (TPSA) is 64.4 Å². The van der Waals surface area contributed by atoms with Crippen LogP contribution < -0.4 is 5.32 Å². The lowest BCUT2D eigenvalue weighted by atomic mass is 10.2. The molecule has 1 aromatic carbocycles. The van der Waals surface area contributed by atoms with E-state index in [9.17, 15) is 10.1 Å². The molecule has 1 atom stereocenters. The Balaban J connectivity index is 2.54. The Morgan fingerprint density at radius 2 is 2.31 bits per heavy atom. The number of methoxy groups -OCH3 is 1. The predicted octanol–water partition coefficient (Wildman–Crippen LogP) is 1.72. The van der Waals surface area contributed by atoms with Crippen molar-refractivity contribution < 1.29 is 9.66 Å². The minimum absolute atomic E-state index is 0.124. The third-order valence-electron chi connectivity index (χ3n) is 2.19. The first kappa shape index (κ1) is 12.6. The molecule has 0 aliphatic heterocycles. The summed E-state index contributed by atoms with van der Waals surface area (Å²) in [7, 11) is 1.64. The van der Waals surface area contributed by atoms with Crippen molar-refractivity contribution in [1.82, 2.24) is 5.32 Å². The van der Waals surface area contributed by atoms with Gasteiger partial charge in [-0.1, -0.05) is 12.1 Å². The summed E-state index contributed by atoms with van der Waals surface area (Å²) in [6.45, 7) is 3.22. The third kappa shape index (κ3) is 3.96. The Bertz CT molecular complexity index is 355. The first-order valence-electron chi connectivity index (χ1n) is 5.09. The zero-order valence-electron chi connectivity index (χ0n) is 9.47. The van der Waals surface area contributed by atoms with E-state index in [0.717, 1.165) is 5.56 Å². The first-order chi connectivity index (χ1) is 7.63. The van der Waals surface area contributed by atoms with Crippen molar-refractivity contribution in [2.45, 2.75) is 19.5 Å². The second kappa shape index (κ2) is 6.19. The van der Waals surface area contributed by atoms with Crippen LogP contribution >= 0.6 is 0 Å². The van der Waals surface area contributed by atoms with Crippen molar-refractivity contribution in [3.63, 3.8) is 0 Å². The summed E-state index contributed by atoms with van der Waals surface area (Å²) in [5.41, 5.74) is 1.02. The summed E-state index contributed by atoms with van der Waals surface area (Å²) in [6, 6.07) is 6.84. The van der Waals surface area contributed by atoms with Crippen LogP contribution in [0.4, 0.5) is 5.69 Å². The number of hydrogen-bond acceptors (Lipinski definition) is 4. The summed E-state index contributed by atoms with van der Waals surface area (Å²) in [4.78, 5) is 10.2. The van der Waals surface area contributed by atoms with Crippen molar-refractivity contribution in [3.05, 3.63) is 39.9 Å². The molecule has 0 spiro atoms.